The summed E-state index contributed by atoms with van der Waals surface area (Å²) in [5.41, 5.74) is 2.34. The van der Waals surface area contributed by atoms with Gasteiger partial charge in [-0.2, -0.15) is 18.2 Å². The number of rotatable bonds is 6. The van der Waals surface area contributed by atoms with E-state index in [0.717, 1.165) is 0 Å². The van der Waals surface area contributed by atoms with Crippen LogP contribution in [0.4, 0.5) is 23.7 Å². The molecule has 206 valence electrons. The van der Waals surface area contributed by atoms with Gasteiger partial charge in [0.05, 0.1) is 39.6 Å². The number of fused-ring (bicyclic) bond motifs is 1. The van der Waals surface area contributed by atoms with Crippen LogP contribution in [0.15, 0.2) is 23.1 Å². The minimum absolute atomic E-state index is 0.0933. The maximum absolute atomic E-state index is 14.2. The quantitative estimate of drug-likeness (QED) is 0.440. The van der Waals surface area contributed by atoms with Crippen molar-refractivity contribution in [2.45, 2.75) is 35.8 Å². The molecule has 0 bridgehead atoms. The zero-order valence-corrected chi connectivity index (χ0v) is 22.2. The third-order valence-corrected chi connectivity index (χ3v) is 9.85. The monoisotopic (exact) mass is 585 g/mol. The molecular weight excluding hydrogens is 558 g/mol. The number of carbonyl (C=O) groups is 2. The second-order valence-electron chi connectivity index (χ2n) is 9.45. The van der Waals surface area contributed by atoms with Gasteiger partial charge in [0.25, 0.3) is 5.91 Å². The molecule has 5 unspecified atom stereocenters. The molecule has 37 heavy (non-hydrogen) atoms. The highest BCUT2D eigenvalue weighted by Crippen LogP contribution is 2.47. The lowest BCUT2D eigenvalue weighted by Crippen LogP contribution is -2.68. The van der Waals surface area contributed by atoms with Crippen molar-refractivity contribution in [3.63, 3.8) is 0 Å². The van der Waals surface area contributed by atoms with Crippen LogP contribution in [0.1, 0.15) is 13.3 Å². The summed E-state index contributed by atoms with van der Waals surface area (Å²) in [5, 5.41) is 5.23. The van der Waals surface area contributed by atoms with Gasteiger partial charge in [-0.3, -0.25) is 10.2 Å². The molecule has 15 heteroatoms. The standard InChI is InChI=1S/C22H28Cl2F3N5O4S/c1-2-37(35,36)17-4-3-12(23)9-16(17)30-32-20(33)13-10-15(22(25,26)27)14(11-31-7-5-28-6-8-31)18(24)19(13)29-21(32)34/h3-4,9,13-15,18-19,28,30H,2,5-8,10-11H2,1H3,(H,29,34). The van der Waals surface area contributed by atoms with Gasteiger partial charge in [-0.05, 0) is 24.6 Å². The number of sulfone groups is 1. The van der Waals surface area contributed by atoms with Crippen molar-refractivity contribution >= 4 is 50.7 Å². The van der Waals surface area contributed by atoms with Gasteiger partial charge in [0.15, 0.2) is 9.84 Å². The van der Waals surface area contributed by atoms with Crippen LogP contribution in [-0.2, 0) is 14.6 Å². The molecule has 0 aromatic heterocycles. The van der Waals surface area contributed by atoms with Crippen molar-refractivity contribution in [2.24, 2.45) is 17.8 Å². The number of piperazine rings is 1. The summed E-state index contributed by atoms with van der Waals surface area (Å²) in [7, 11) is -3.78. The van der Waals surface area contributed by atoms with Crippen LogP contribution < -0.4 is 16.1 Å². The molecule has 3 amide bonds. The van der Waals surface area contributed by atoms with E-state index in [1.807, 2.05) is 4.90 Å². The highest BCUT2D eigenvalue weighted by atomic mass is 35.5. The molecule has 5 atom stereocenters. The maximum Gasteiger partial charge on any atom is 0.392 e. The summed E-state index contributed by atoms with van der Waals surface area (Å²) in [6.45, 7) is 3.97. The number of alkyl halides is 4. The van der Waals surface area contributed by atoms with E-state index in [0.29, 0.717) is 31.2 Å². The predicted molar refractivity (Wildman–Crippen MR) is 132 cm³/mol. The lowest BCUT2D eigenvalue weighted by atomic mass is 9.69. The molecule has 2 heterocycles. The number of benzene rings is 1. The molecule has 9 nitrogen and oxygen atoms in total. The second kappa shape index (κ2) is 10.8. The summed E-state index contributed by atoms with van der Waals surface area (Å²) >= 11 is 12.6. The topological polar surface area (TPSA) is 111 Å². The smallest absolute Gasteiger partial charge is 0.331 e. The highest BCUT2D eigenvalue weighted by molar-refractivity contribution is 7.91. The average molecular weight is 586 g/mol. The van der Waals surface area contributed by atoms with Crippen LogP contribution in [0.3, 0.4) is 0 Å². The Hall–Kier alpha value is -1.80. The number of carbonyl (C=O) groups excluding carboxylic acids is 2. The fourth-order valence-electron chi connectivity index (χ4n) is 5.25. The summed E-state index contributed by atoms with van der Waals surface area (Å²) in [6.07, 6.45) is -5.16. The van der Waals surface area contributed by atoms with Gasteiger partial charge in [0.2, 0.25) is 0 Å². The van der Waals surface area contributed by atoms with Crippen LogP contribution in [-0.4, -0.2) is 86.3 Å². The summed E-state index contributed by atoms with van der Waals surface area (Å²) in [4.78, 5) is 28.0. The minimum atomic E-state index is -4.61. The maximum atomic E-state index is 14.2. The van der Waals surface area contributed by atoms with E-state index in [4.69, 9.17) is 23.2 Å². The minimum Gasteiger partial charge on any atom is -0.331 e. The lowest BCUT2D eigenvalue weighted by Gasteiger charge is -2.49. The first-order valence-corrected chi connectivity index (χ1v) is 14.4. The van der Waals surface area contributed by atoms with E-state index in [2.05, 4.69) is 16.1 Å². The van der Waals surface area contributed by atoms with Gasteiger partial charge in [-0.15, -0.1) is 11.6 Å². The first kappa shape index (κ1) is 28.2. The Morgan fingerprint density at radius 1 is 1.19 bits per heavy atom. The van der Waals surface area contributed by atoms with Crippen LogP contribution in [0, 0.1) is 17.8 Å². The molecule has 1 aromatic carbocycles. The summed E-state index contributed by atoms with van der Waals surface area (Å²) < 4.78 is 67.6. The van der Waals surface area contributed by atoms with Crippen molar-refractivity contribution in [1.29, 1.82) is 0 Å². The molecule has 2 aliphatic heterocycles. The fourth-order valence-corrected chi connectivity index (χ4v) is 6.94. The van der Waals surface area contributed by atoms with Crippen LogP contribution >= 0.6 is 23.2 Å². The normalized spacial score (nSPS) is 29.6. The second-order valence-corrected chi connectivity index (χ2v) is 12.6. The van der Waals surface area contributed by atoms with Crippen molar-refractivity contribution in [1.82, 2.24) is 20.5 Å². The Kier molecular flexibility index (Phi) is 8.20. The van der Waals surface area contributed by atoms with Crippen LogP contribution in [0.5, 0.6) is 0 Å². The van der Waals surface area contributed by atoms with Gasteiger partial charge >= 0.3 is 12.2 Å². The largest absolute Gasteiger partial charge is 0.392 e. The Morgan fingerprint density at radius 2 is 1.86 bits per heavy atom. The summed E-state index contributed by atoms with van der Waals surface area (Å²) in [6, 6.07) is 1.85. The number of hydrazine groups is 1. The third kappa shape index (κ3) is 5.80. The number of halogens is 5. The number of imide groups is 1. The van der Waals surface area contributed by atoms with E-state index >= 15 is 0 Å². The number of nitrogens with zero attached hydrogens (tertiary/aromatic N) is 2. The van der Waals surface area contributed by atoms with Crippen molar-refractivity contribution < 1.29 is 31.2 Å². The van der Waals surface area contributed by atoms with Crippen LogP contribution in [0.25, 0.3) is 0 Å². The van der Waals surface area contributed by atoms with E-state index in [9.17, 15) is 31.2 Å². The molecule has 2 saturated heterocycles. The number of amides is 3. The molecule has 3 aliphatic rings. The Labute approximate surface area is 222 Å². The van der Waals surface area contributed by atoms with E-state index < -0.39 is 63.5 Å². The average Bonchev–Trinajstić information content (AvgIpc) is 2.83. The number of anilines is 1. The number of hydrogen-bond donors (Lipinski definition) is 3. The molecule has 3 fully saturated rings. The number of nitrogens with one attached hydrogen (secondary N) is 3. The molecule has 1 saturated carbocycles. The SMILES string of the molecule is CCS(=O)(=O)c1ccc(Cl)cc1NN1C(=O)NC2C(CC(C(F)(F)F)C(CN3CCNCC3)C2Cl)C1=O. The molecule has 1 aromatic rings. The predicted octanol–water partition coefficient (Wildman–Crippen LogP) is 2.71. The highest BCUT2D eigenvalue weighted by Gasteiger charge is 2.58. The van der Waals surface area contributed by atoms with Gasteiger partial charge in [-0.1, -0.05) is 18.5 Å². The first-order chi connectivity index (χ1) is 17.3. The van der Waals surface area contributed by atoms with Gasteiger partial charge in [-0.25, -0.2) is 13.2 Å². The lowest BCUT2D eigenvalue weighted by molar-refractivity contribution is -0.204. The molecule has 0 radical (unpaired) electrons. The molecule has 0 spiro atoms. The zero-order chi connectivity index (χ0) is 27.1. The van der Waals surface area contributed by atoms with Crippen LogP contribution in [0.2, 0.25) is 5.02 Å². The summed E-state index contributed by atoms with van der Waals surface area (Å²) in [5.74, 6) is -5.32. The molecule has 3 N–H and O–H groups in total. The van der Waals surface area contributed by atoms with Crippen molar-refractivity contribution in [2.75, 3.05) is 43.9 Å². The third-order valence-electron chi connectivity index (χ3n) is 7.23. The van der Waals surface area contributed by atoms with Gasteiger partial charge < -0.3 is 15.5 Å². The zero-order valence-electron chi connectivity index (χ0n) is 19.9. The fraction of sp³-hybridized carbons (Fsp3) is 0.636. The van der Waals surface area contributed by atoms with E-state index in [1.165, 1.54) is 25.1 Å². The van der Waals surface area contributed by atoms with E-state index in [1.54, 1.807) is 0 Å². The Bertz CT molecular complexity index is 1150. The van der Waals surface area contributed by atoms with Gasteiger partial charge in [0.1, 0.15) is 0 Å². The molecule has 4 rings (SSSR count). The number of hydrogen-bond acceptors (Lipinski definition) is 7. The Balaban J connectivity index is 1.61. The van der Waals surface area contributed by atoms with E-state index in [-0.39, 0.29) is 27.9 Å². The first-order valence-electron chi connectivity index (χ1n) is 11.9. The molecule has 1 aliphatic carbocycles. The molecular formula is C22H28Cl2F3N5O4S. The van der Waals surface area contributed by atoms with Crippen molar-refractivity contribution in [3.8, 4) is 0 Å². The Morgan fingerprint density at radius 3 is 2.49 bits per heavy atom. The van der Waals surface area contributed by atoms with Crippen molar-refractivity contribution in [3.05, 3.63) is 23.2 Å². The number of urea groups is 1. The van der Waals surface area contributed by atoms with Gasteiger partial charge in [0, 0.05) is 43.7 Å².